The molecular formula is C20H37N5O7. The van der Waals surface area contributed by atoms with Crippen LogP contribution in [0.4, 0.5) is 4.79 Å². The van der Waals surface area contributed by atoms with Gasteiger partial charge in [-0.15, -0.1) is 0 Å². The lowest BCUT2D eigenvalue weighted by molar-refractivity contribution is -0.141. The van der Waals surface area contributed by atoms with Gasteiger partial charge in [0.1, 0.15) is 18.1 Å². The lowest BCUT2D eigenvalue weighted by Crippen LogP contribution is -2.55. The molecule has 0 rings (SSSR count). The van der Waals surface area contributed by atoms with Crippen molar-refractivity contribution in [2.45, 2.75) is 83.3 Å². The van der Waals surface area contributed by atoms with Gasteiger partial charge in [0, 0.05) is 6.42 Å². The molecule has 12 heteroatoms. The number of carbonyl (C=O) groups excluding carboxylic acids is 3. The first kappa shape index (κ1) is 27.1. The van der Waals surface area contributed by atoms with Gasteiger partial charge in [0.05, 0.1) is 6.54 Å². The number of unbranched alkanes of at least 4 members (excludes halogenated alkanes) is 4. The van der Waals surface area contributed by atoms with Crippen LogP contribution in [0, 0.1) is 0 Å². The molecule has 0 saturated heterocycles. The molecule has 32 heavy (non-hydrogen) atoms. The van der Waals surface area contributed by atoms with Crippen LogP contribution < -0.4 is 27.0 Å². The van der Waals surface area contributed by atoms with E-state index in [1.54, 1.807) is 0 Å². The van der Waals surface area contributed by atoms with Crippen molar-refractivity contribution in [2.24, 2.45) is 5.73 Å². The Morgan fingerprint density at radius 3 is 2.19 bits per heavy atom. The first-order valence-electron chi connectivity index (χ1n) is 11.3. The molecule has 0 spiro atoms. The highest BCUT2D eigenvalue weighted by atomic mass is 16.4. The maximum atomic E-state index is 12.4. The normalized spacial score (nSPS) is 13.8. The molecule has 4 amide bonds. The highest BCUT2D eigenvalue weighted by Crippen LogP contribution is 2.03. The van der Waals surface area contributed by atoms with E-state index in [4.69, 9.17) is 12.3 Å². The summed E-state index contributed by atoms with van der Waals surface area (Å²) in [5.74, 6) is -3.93. The van der Waals surface area contributed by atoms with E-state index in [0.29, 0.717) is 31.1 Å². The van der Waals surface area contributed by atoms with Gasteiger partial charge in [0.25, 0.3) is 0 Å². The smallest absolute Gasteiger partial charge is 0.328 e. The number of carbonyl (C=O) groups is 5. The molecule has 12 nitrogen and oxygen atoms in total. The Kier molecular flexibility index (Phi) is 14.2. The Hall–Kier alpha value is -2.89. The molecule has 0 bridgehead atoms. The summed E-state index contributed by atoms with van der Waals surface area (Å²) in [6.45, 7) is 3.11. The number of nitrogens with two attached hydrogens (primary N) is 1. The number of urea groups is 1. The van der Waals surface area contributed by atoms with Gasteiger partial charge < -0.3 is 37.2 Å². The molecule has 184 valence electrons. The first-order chi connectivity index (χ1) is 15.5. The van der Waals surface area contributed by atoms with Crippen LogP contribution in [-0.4, -0.2) is 71.2 Å². The van der Waals surface area contributed by atoms with Gasteiger partial charge in [0.2, 0.25) is 11.8 Å². The van der Waals surface area contributed by atoms with Crippen molar-refractivity contribution in [3.63, 3.8) is 0 Å². The van der Waals surface area contributed by atoms with Crippen LogP contribution in [0.2, 0.25) is 1.41 Å². The van der Waals surface area contributed by atoms with Gasteiger partial charge in [-0.25, -0.2) is 9.59 Å². The maximum absolute atomic E-state index is 12.4. The molecule has 0 aromatic rings. The zero-order valence-electron chi connectivity index (χ0n) is 19.8. The second-order valence-corrected chi connectivity index (χ2v) is 7.45. The van der Waals surface area contributed by atoms with Gasteiger partial charge in [-0.05, 0) is 39.2 Å². The summed E-state index contributed by atoms with van der Waals surface area (Å²) >= 11 is 0. The average Bonchev–Trinajstić information content (AvgIpc) is 2.76. The number of carboxylic acids is 2. The minimum Gasteiger partial charge on any atom is -0.480 e. The Bertz CT molecular complexity index is 665. The number of nitrogens with one attached hydrogen (secondary N) is 4. The van der Waals surface area contributed by atoms with Crippen molar-refractivity contribution in [1.82, 2.24) is 21.3 Å². The van der Waals surface area contributed by atoms with Crippen LogP contribution >= 0.6 is 0 Å². The molecule has 0 fully saturated rings. The Balaban J connectivity index is 4.99. The molecule has 0 saturated carbocycles. The zero-order valence-corrected chi connectivity index (χ0v) is 18.8. The van der Waals surface area contributed by atoms with Crippen LogP contribution in [0.5, 0.6) is 0 Å². The van der Waals surface area contributed by atoms with E-state index in [1.807, 2.05) is 6.92 Å². The van der Waals surface area contributed by atoms with E-state index >= 15 is 0 Å². The van der Waals surface area contributed by atoms with Crippen LogP contribution in [0.25, 0.3) is 0 Å². The molecular weight excluding hydrogens is 422 g/mol. The van der Waals surface area contributed by atoms with E-state index in [0.717, 1.165) is 19.3 Å². The summed E-state index contributed by atoms with van der Waals surface area (Å²) < 4.78 is 8.02. The molecule has 0 aliphatic carbocycles. The van der Waals surface area contributed by atoms with Crippen molar-refractivity contribution < 1.29 is 35.6 Å². The topological polar surface area (TPSA) is 200 Å². The summed E-state index contributed by atoms with van der Waals surface area (Å²) in [5, 5.41) is 25.4. The average molecular weight is 461 g/mol. The summed E-state index contributed by atoms with van der Waals surface area (Å²) in [6, 6.07) is -5.00. The van der Waals surface area contributed by atoms with E-state index in [9.17, 15) is 29.1 Å². The highest BCUT2D eigenvalue weighted by molar-refractivity contribution is 5.90. The van der Waals surface area contributed by atoms with Crippen LogP contribution in [0.1, 0.15) is 65.2 Å². The monoisotopic (exact) mass is 460 g/mol. The molecule has 0 aromatic carbocycles. The Morgan fingerprint density at radius 1 is 0.938 bits per heavy atom. The fourth-order valence-corrected chi connectivity index (χ4v) is 2.66. The van der Waals surface area contributed by atoms with Crippen molar-refractivity contribution >= 4 is 29.8 Å². The number of hydrogen-bond donors (Lipinski definition) is 7. The minimum absolute atomic E-state index is 0.0587. The Morgan fingerprint density at radius 2 is 1.62 bits per heavy atom. The van der Waals surface area contributed by atoms with Crippen molar-refractivity contribution in [2.75, 3.05) is 13.1 Å². The Labute approximate surface area is 189 Å². The van der Waals surface area contributed by atoms with E-state index < -0.39 is 54.5 Å². The predicted molar refractivity (Wildman–Crippen MR) is 117 cm³/mol. The second-order valence-electron chi connectivity index (χ2n) is 7.45. The number of rotatable bonds is 17. The third-order valence-corrected chi connectivity index (χ3v) is 4.58. The zero-order chi connectivity index (χ0) is 25.4. The van der Waals surface area contributed by atoms with Gasteiger partial charge in [-0.3, -0.25) is 14.4 Å². The van der Waals surface area contributed by atoms with E-state index in [2.05, 4.69) is 16.0 Å². The van der Waals surface area contributed by atoms with Crippen LogP contribution in [0.3, 0.4) is 0 Å². The highest BCUT2D eigenvalue weighted by Gasteiger charge is 2.25. The van der Waals surface area contributed by atoms with Crippen LogP contribution in [-0.2, 0) is 19.2 Å². The molecule has 0 heterocycles. The number of aliphatic carboxylic acids is 2. The predicted octanol–water partition coefficient (Wildman–Crippen LogP) is -0.0877. The second kappa shape index (κ2) is 16.8. The fraction of sp³-hybridized carbons (Fsp3) is 0.750. The standard InChI is InChI=1S/C20H37N5O7/c1-3-4-5-6-10-16(26)24-15(19(30)31)12-22-20(32)25-14(9-7-8-11-21)17(27)23-13(2)18(28)29/h13-15H,3-12,21H2,1-2H3,(H,23,27)(H,24,26)(H,28,29)(H,30,31)(H2,22,25,32)/t13-,14-,15?/m0/s1/i/hD. The molecule has 8 N–H and O–H groups in total. The van der Waals surface area contributed by atoms with Gasteiger partial charge >= 0.3 is 18.0 Å². The number of carboxylic acid groups (broad SMARTS) is 2. The van der Waals surface area contributed by atoms with E-state index in [1.165, 1.54) is 6.92 Å². The quantitative estimate of drug-likeness (QED) is 0.146. The largest absolute Gasteiger partial charge is 0.480 e. The van der Waals surface area contributed by atoms with Gasteiger partial charge in [-0.1, -0.05) is 26.2 Å². The van der Waals surface area contributed by atoms with Crippen molar-refractivity contribution in [3.05, 3.63) is 0 Å². The molecule has 1 unspecified atom stereocenters. The number of hydrogen-bond acceptors (Lipinski definition) is 6. The molecule has 0 aromatic heterocycles. The third-order valence-electron chi connectivity index (χ3n) is 4.58. The lowest BCUT2D eigenvalue weighted by Gasteiger charge is -2.21. The summed E-state index contributed by atoms with van der Waals surface area (Å²) in [5.41, 5.74) is 5.43. The van der Waals surface area contributed by atoms with E-state index in [-0.39, 0.29) is 12.8 Å². The third kappa shape index (κ3) is 13.4. The molecule has 3 atom stereocenters. The lowest BCUT2D eigenvalue weighted by atomic mass is 10.1. The molecule has 0 aliphatic rings. The SMILES string of the molecule is [2H]N(C(=O)NCC(NC(=O)CCCCCC)C(=O)O)[C@@H](CCCCN)C(=O)N[C@@H](C)C(=O)O. The van der Waals surface area contributed by atoms with Crippen LogP contribution in [0.15, 0.2) is 0 Å². The summed E-state index contributed by atoms with van der Waals surface area (Å²) in [4.78, 5) is 59.2. The summed E-state index contributed by atoms with van der Waals surface area (Å²) in [6.07, 6.45) is 4.58. The molecule has 0 radical (unpaired) electrons. The van der Waals surface area contributed by atoms with Crippen molar-refractivity contribution in [3.8, 4) is 0 Å². The number of amides is 4. The van der Waals surface area contributed by atoms with Gasteiger partial charge in [-0.2, -0.15) is 0 Å². The molecule has 0 aliphatic heterocycles. The first-order valence-corrected chi connectivity index (χ1v) is 10.9. The minimum atomic E-state index is -1.41. The fourth-order valence-electron chi connectivity index (χ4n) is 2.66. The maximum Gasteiger partial charge on any atom is 0.328 e. The summed E-state index contributed by atoms with van der Waals surface area (Å²) in [7, 11) is 0. The van der Waals surface area contributed by atoms with Gasteiger partial charge in [0.15, 0.2) is 1.41 Å². The van der Waals surface area contributed by atoms with Crippen molar-refractivity contribution in [1.29, 1.82) is 0 Å².